The van der Waals surface area contributed by atoms with Gasteiger partial charge in [0.2, 0.25) is 0 Å². The van der Waals surface area contributed by atoms with Crippen LogP contribution in [0.3, 0.4) is 0 Å². The third-order valence-corrected chi connectivity index (χ3v) is 5.11. The Bertz CT molecular complexity index is 1140. The van der Waals surface area contributed by atoms with Gasteiger partial charge < -0.3 is 14.6 Å². The van der Waals surface area contributed by atoms with Crippen LogP contribution in [0.15, 0.2) is 31.1 Å². The average Bonchev–Trinajstić information content (AvgIpc) is 3.32. The van der Waals surface area contributed by atoms with Gasteiger partial charge in [-0.3, -0.25) is 9.30 Å². The van der Waals surface area contributed by atoms with Crippen LogP contribution in [0.1, 0.15) is 22.6 Å². The number of amides is 1. The highest BCUT2D eigenvalue weighted by molar-refractivity contribution is 5.89. The van der Waals surface area contributed by atoms with Crippen molar-refractivity contribution >= 4 is 23.6 Å². The summed E-state index contributed by atoms with van der Waals surface area (Å²) >= 11 is 0. The molecule has 142 valence electrons. The quantitative estimate of drug-likeness (QED) is 0.696. The van der Waals surface area contributed by atoms with E-state index >= 15 is 0 Å². The number of carbonyl (C=O) groups is 1. The molecular weight excluding hydrogens is 367 g/mol. The zero-order valence-corrected chi connectivity index (χ0v) is 14.6. The third-order valence-electron chi connectivity index (χ3n) is 5.11. The lowest BCUT2D eigenvalue weighted by Crippen LogP contribution is -2.31. The minimum Gasteiger partial charge on any atom is -0.493 e. The number of ether oxygens (including phenoxy) is 2. The van der Waals surface area contributed by atoms with Gasteiger partial charge in [0.05, 0.1) is 25.7 Å². The lowest BCUT2D eigenvalue weighted by Gasteiger charge is -2.23. The first-order valence-electron chi connectivity index (χ1n) is 8.65. The second-order valence-corrected chi connectivity index (χ2v) is 6.64. The van der Waals surface area contributed by atoms with Crippen molar-refractivity contribution in [2.45, 2.75) is 12.5 Å². The summed E-state index contributed by atoms with van der Waals surface area (Å²) < 4.78 is 27.9. The zero-order valence-electron chi connectivity index (χ0n) is 14.6. The number of carboxylic acid groups (broad SMARTS) is 1. The monoisotopic (exact) mass is 382 g/mol. The van der Waals surface area contributed by atoms with Gasteiger partial charge >= 0.3 is 6.09 Å². The molecular formula is C19H15FN4O4. The number of pyridine rings is 1. The molecule has 28 heavy (non-hydrogen) atoms. The van der Waals surface area contributed by atoms with Crippen molar-refractivity contribution in [3.63, 3.8) is 0 Å². The summed E-state index contributed by atoms with van der Waals surface area (Å²) in [7, 11) is 0. The Balaban J connectivity index is 1.79. The predicted molar refractivity (Wildman–Crippen MR) is 97.4 cm³/mol. The molecule has 2 aromatic heterocycles. The highest BCUT2D eigenvalue weighted by Crippen LogP contribution is 2.42. The van der Waals surface area contributed by atoms with E-state index in [-0.39, 0.29) is 30.5 Å². The Labute approximate surface area is 158 Å². The van der Waals surface area contributed by atoms with E-state index in [4.69, 9.17) is 9.47 Å². The largest absolute Gasteiger partial charge is 0.493 e. The van der Waals surface area contributed by atoms with Gasteiger partial charge in [-0.15, -0.1) is 10.2 Å². The second kappa shape index (κ2) is 5.95. The van der Waals surface area contributed by atoms with E-state index in [0.29, 0.717) is 34.9 Å². The summed E-state index contributed by atoms with van der Waals surface area (Å²) in [4.78, 5) is 13.2. The van der Waals surface area contributed by atoms with Crippen molar-refractivity contribution in [2.75, 3.05) is 18.1 Å². The normalized spacial score (nSPS) is 17.6. The van der Waals surface area contributed by atoms with Gasteiger partial charge in [-0.25, -0.2) is 9.18 Å². The highest BCUT2D eigenvalue weighted by Gasteiger charge is 2.35. The van der Waals surface area contributed by atoms with Crippen LogP contribution in [0.2, 0.25) is 0 Å². The van der Waals surface area contributed by atoms with E-state index in [1.54, 1.807) is 18.2 Å². The van der Waals surface area contributed by atoms with Crippen LogP contribution < -0.4 is 14.4 Å². The molecule has 0 fully saturated rings. The summed E-state index contributed by atoms with van der Waals surface area (Å²) in [6, 6.07) is 4.54. The Morgan fingerprint density at radius 1 is 1.32 bits per heavy atom. The SMILES string of the molecule is C=Cc1cc2c(n3cnnc13)N(C(=O)O)Cc1c(F)ccc3c1[C@@H](CO3)CO2. The minimum atomic E-state index is -1.25. The van der Waals surface area contributed by atoms with Crippen molar-refractivity contribution in [3.8, 4) is 11.5 Å². The number of hydrogen-bond donors (Lipinski definition) is 1. The number of fused-ring (bicyclic) bond motifs is 3. The van der Waals surface area contributed by atoms with E-state index in [2.05, 4.69) is 16.8 Å². The van der Waals surface area contributed by atoms with Gasteiger partial charge in [0.15, 0.2) is 17.2 Å². The van der Waals surface area contributed by atoms with Gasteiger partial charge in [0, 0.05) is 16.7 Å². The summed E-state index contributed by atoms with van der Waals surface area (Å²) in [5.41, 5.74) is 2.02. The maximum absolute atomic E-state index is 14.7. The van der Waals surface area contributed by atoms with E-state index in [0.717, 1.165) is 4.90 Å². The van der Waals surface area contributed by atoms with E-state index < -0.39 is 11.9 Å². The first-order chi connectivity index (χ1) is 13.6. The van der Waals surface area contributed by atoms with Gasteiger partial charge in [-0.1, -0.05) is 12.7 Å². The van der Waals surface area contributed by atoms with Gasteiger partial charge in [-0.2, -0.15) is 0 Å². The third kappa shape index (κ3) is 2.25. The number of nitrogens with zero attached hydrogens (tertiary/aromatic N) is 4. The molecule has 0 aliphatic carbocycles. The fourth-order valence-electron chi connectivity index (χ4n) is 3.83. The van der Waals surface area contributed by atoms with Crippen molar-refractivity contribution in [2.24, 2.45) is 0 Å². The van der Waals surface area contributed by atoms with Crippen molar-refractivity contribution in [3.05, 3.63) is 53.6 Å². The molecule has 1 amide bonds. The lowest BCUT2D eigenvalue weighted by atomic mass is 9.95. The summed E-state index contributed by atoms with van der Waals surface area (Å²) in [5.74, 6) is 0.419. The van der Waals surface area contributed by atoms with Crippen LogP contribution >= 0.6 is 0 Å². The van der Waals surface area contributed by atoms with Crippen LogP contribution in [0, 0.1) is 5.82 Å². The van der Waals surface area contributed by atoms with E-state index in [1.165, 1.54) is 16.8 Å². The summed E-state index contributed by atoms with van der Waals surface area (Å²) in [5, 5.41) is 17.9. The molecule has 0 bridgehead atoms. The molecule has 0 radical (unpaired) electrons. The molecule has 0 unspecified atom stereocenters. The van der Waals surface area contributed by atoms with E-state index in [1.807, 2.05) is 0 Å². The molecule has 1 aromatic carbocycles. The van der Waals surface area contributed by atoms with Crippen LogP contribution in [-0.2, 0) is 6.54 Å². The number of benzene rings is 1. The minimum absolute atomic E-state index is 0.193. The molecule has 1 N–H and O–H groups in total. The van der Waals surface area contributed by atoms with E-state index in [9.17, 15) is 14.3 Å². The van der Waals surface area contributed by atoms with Crippen LogP contribution in [0.4, 0.5) is 15.0 Å². The fourth-order valence-corrected chi connectivity index (χ4v) is 3.83. The zero-order chi connectivity index (χ0) is 19.4. The van der Waals surface area contributed by atoms with Crippen molar-refractivity contribution in [1.82, 2.24) is 14.6 Å². The number of hydrogen-bond acceptors (Lipinski definition) is 5. The molecule has 2 aliphatic heterocycles. The topological polar surface area (TPSA) is 89.2 Å². The molecule has 0 spiro atoms. The molecule has 2 aliphatic rings. The number of halogens is 1. The van der Waals surface area contributed by atoms with Gasteiger partial charge in [0.25, 0.3) is 0 Å². The van der Waals surface area contributed by atoms with Crippen molar-refractivity contribution < 1.29 is 23.8 Å². The number of anilines is 1. The smallest absolute Gasteiger partial charge is 0.413 e. The van der Waals surface area contributed by atoms with Crippen molar-refractivity contribution in [1.29, 1.82) is 0 Å². The average molecular weight is 382 g/mol. The maximum atomic E-state index is 14.7. The first-order valence-corrected chi connectivity index (χ1v) is 8.65. The number of rotatable bonds is 1. The number of aromatic nitrogens is 3. The summed E-state index contributed by atoms with van der Waals surface area (Å²) in [6.45, 7) is 4.14. The summed E-state index contributed by atoms with van der Waals surface area (Å²) in [6.07, 6.45) is 1.75. The lowest BCUT2D eigenvalue weighted by molar-refractivity contribution is 0.200. The molecule has 5 rings (SSSR count). The Morgan fingerprint density at radius 3 is 2.86 bits per heavy atom. The maximum Gasteiger partial charge on any atom is 0.413 e. The standard InChI is InChI=1S/C19H15FN4O4/c1-2-10-5-15-18(24-9-21-22-17(10)24)23(19(25)26)6-12-13(20)3-4-14-16(12)11(7-27-14)8-28-15/h2-5,9,11H,1,6-8H2,(H,25,26)/t11-/m0/s1. The molecule has 3 aromatic rings. The first kappa shape index (κ1) is 16.5. The van der Waals surface area contributed by atoms with Crippen LogP contribution in [-0.4, -0.2) is 39.0 Å². The van der Waals surface area contributed by atoms with Gasteiger partial charge in [0.1, 0.15) is 17.9 Å². The van der Waals surface area contributed by atoms with Gasteiger partial charge in [-0.05, 0) is 18.2 Å². The molecule has 8 nitrogen and oxygen atoms in total. The van der Waals surface area contributed by atoms with Crippen LogP contribution in [0.5, 0.6) is 11.5 Å². The molecule has 1 atom stereocenters. The molecule has 0 saturated carbocycles. The molecule has 4 heterocycles. The fraction of sp³-hybridized carbons (Fsp3) is 0.211. The molecule has 9 heteroatoms. The highest BCUT2D eigenvalue weighted by atomic mass is 19.1. The Morgan fingerprint density at radius 2 is 2.11 bits per heavy atom. The Kier molecular flexibility index (Phi) is 3.51. The predicted octanol–water partition coefficient (Wildman–Crippen LogP) is 3.06. The van der Waals surface area contributed by atoms with Crippen LogP contribution in [0.25, 0.3) is 11.7 Å². The molecule has 0 saturated heterocycles. The second-order valence-electron chi connectivity index (χ2n) is 6.64. The Hall–Kier alpha value is -3.62.